The summed E-state index contributed by atoms with van der Waals surface area (Å²) in [5.74, 6) is -1.97. The van der Waals surface area contributed by atoms with Crippen LogP contribution in [0.5, 0.6) is 0 Å². The fraction of sp³-hybridized carbons (Fsp3) is 0.300. The highest BCUT2D eigenvalue weighted by atomic mass is 32.1. The maximum Gasteiger partial charge on any atom is 0.176 e. The van der Waals surface area contributed by atoms with Crippen molar-refractivity contribution in [3.8, 4) is 0 Å². The second kappa shape index (κ2) is 7.23. The van der Waals surface area contributed by atoms with Gasteiger partial charge in [0.15, 0.2) is 17.5 Å². The molecule has 1 fully saturated rings. The summed E-state index contributed by atoms with van der Waals surface area (Å²) < 4.78 is 44.4. The largest absolute Gasteiger partial charge is 0.348 e. The molecule has 150 valence electrons. The summed E-state index contributed by atoms with van der Waals surface area (Å²) in [6.07, 6.45) is 3.20. The molecule has 0 aliphatic carbocycles. The third-order valence-corrected chi connectivity index (χ3v) is 7.38. The summed E-state index contributed by atoms with van der Waals surface area (Å²) in [5.41, 5.74) is 1.14. The van der Waals surface area contributed by atoms with E-state index < -0.39 is 23.1 Å². The Balaban J connectivity index is 1.61. The molecule has 4 nitrogen and oxygen atoms in total. The predicted molar refractivity (Wildman–Crippen MR) is 112 cm³/mol. The fourth-order valence-corrected chi connectivity index (χ4v) is 5.85. The van der Waals surface area contributed by atoms with E-state index in [2.05, 4.69) is 27.5 Å². The van der Waals surface area contributed by atoms with Gasteiger partial charge in [0.2, 0.25) is 0 Å². The maximum absolute atomic E-state index is 14.8. The van der Waals surface area contributed by atoms with E-state index in [9.17, 15) is 13.2 Å². The number of rotatable bonds is 3. The Bertz CT molecular complexity index is 1220. The monoisotopic (exact) mass is 434 g/mol. The minimum Gasteiger partial charge on any atom is -0.348 e. The van der Waals surface area contributed by atoms with Gasteiger partial charge in [-0.2, -0.15) is 0 Å². The summed E-state index contributed by atoms with van der Waals surface area (Å²) in [7, 11) is 0. The topological polar surface area (TPSA) is 49.8 Å². The summed E-state index contributed by atoms with van der Waals surface area (Å²) in [6.45, 7) is 3.12. The molecule has 0 spiro atoms. The van der Waals surface area contributed by atoms with Crippen molar-refractivity contribution in [3.05, 3.63) is 46.2 Å². The molecule has 0 radical (unpaired) electrons. The molecule has 1 saturated heterocycles. The predicted octanol–water partition coefficient (Wildman–Crippen LogP) is 5.92. The third kappa shape index (κ3) is 3.17. The number of fused-ring (bicyclic) bond motifs is 2. The van der Waals surface area contributed by atoms with Gasteiger partial charge in [0, 0.05) is 22.2 Å². The van der Waals surface area contributed by atoms with Gasteiger partial charge in [-0.15, -0.1) is 22.7 Å². The molecule has 1 aliphatic rings. The van der Waals surface area contributed by atoms with Gasteiger partial charge >= 0.3 is 0 Å². The van der Waals surface area contributed by atoms with Gasteiger partial charge in [0.25, 0.3) is 0 Å². The summed E-state index contributed by atoms with van der Waals surface area (Å²) in [4.78, 5) is 9.87. The van der Waals surface area contributed by atoms with E-state index in [0.717, 1.165) is 41.8 Å². The van der Waals surface area contributed by atoms with E-state index in [1.165, 1.54) is 22.9 Å². The molecule has 1 aliphatic heterocycles. The molecule has 29 heavy (non-hydrogen) atoms. The Kier molecular flexibility index (Phi) is 4.68. The van der Waals surface area contributed by atoms with Crippen LogP contribution in [0.25, 0.3) is 20.4 Å². The van der Waals surface area contributed by atoms with Crippen LogP contribution < -0.4 is 10.6 Å². The van der Waals surface area contributed by atoms with Crippen molar-refractivity contribution in [2.75, 3.05) is 11.9 Å². The van der Waals surface area contributed by atoms with Crippen LogP contribution in [0, 0.1) is 17.5 Å². The highest BCUT2D eigenvalue weighted by Crippen LogP contribution is 2.40. The Labute approximate surface area is 172 Å². The molecule has 2 atom stereocenters. The number of nitrogens with one attached hydrogen (secondary N) is 2. The van der Waals surface area contributed by atoms with Crippen LogP contribution in [0.1, 0.15) is 30.6 Å². The molecule has 9 heteroatoms. The van der Waals surface area contributed by atoms with Crippen molar-refractivity contribution in [1.82, 2.24) is 15.3 Å². The third-order valence-electron chi connectivity index (χ3n) is 5.43. The van der Waals surface area contributed by atoms with E-state index in [-0.39, 0.29) is 11.2 Å². The standard InChI is InChI=1S/C20H17F3N4S2/c1-9-10(3-2-4-24-9)14-5-11-17(13(22)7-25-20(11)29-14)27-18-12(21)6-15-19(16(18)23)26-8-28-15/h5-10,24H,2-4H2,1H3,(H,25,27). The van der Waals surface area contributed by atoms with E-state index in [0.29, 0.717) is 26.9 Å². The van der Waals surface area contributed by atoms with Gasteiger partial charge in [-0.1, -0.05) is 0 Å². The lowest BCUT2D eigenvalue weighted by Crippen LogP contribution is -2.37. The zero-order valence-electron chi connectivity index (χ0n) is 15.4. The summed E-state index contributed by atoms with van der Waals surface area (Å²) >= 11 is 2.65. The Hall–Kier alpha value is -2.23. The lowest BCUT2D eigenvalue weighted by molar-refractivity contribution is 0.375. The number of pyridine rings is 1. The molecule has 2 N–H and O–H groups in total. The second-order valence-electron chi connectivity index (χ2n) is 7.21. The highest BCUT2D eigenvalue weighted by Gasteiger charge is 2.26. The first-order valence-corrected chi connectivity index (χ1v) is 11.0. The number of anilines is 2. The Morgan fingerprint density at radius 2 is 2.00 bits per heavy atom. The van der Waals surface area contributed by atoms with Crippen molar-refractivity contribution < 1.29 is 13.2 Å². The molecule has 4 heterocycles. The normalized spacial score (nSPS) is 19.9. The number of thiazole rings is 1. The highest BCUT2D eigenvalue weighted by molar-refractivity contribution is 7.18. The lowest BCUT2D eigenvalue weighted by atomic mass is 9.90. The molecule has 2 unspecified atom stereocenters. The van der Waals surface area contributed by atoms with E-state index in [1.54, 1.807) is 0 Å². The molecule has 4 aromatic rings. The van der Waals surface area contributed by atoms with Crippen molar-refractivity contribution >= 4 is 54.5 Å². The van der Waals surface area contributed by atoms with Crippen LogP contribution in [0.3, 0.4) is 0 Å². The first-order valence-electron chi connectivity index (χ1n) is 9.32. The average Bonchev–Trinajstić information content (AvgIpc) is 3.34. The second-order valence-corrected chi connectivity index (χ2v) is 9.16. The average molecular weight is 435 g/mol. The number of hydrogen-bond donors (Lipinski definition) is 2. The number of nitrogens with zero attached hydrogens (tertiary/aromatic N) is 2. The molecule has 3 aromatic heterocycles. The number of hydrogen-bond acceptors (Lipinski definition) is 6. The molecular formula is C20H17F3N4S2. The minimum atomic E-state index is -0.828. The Morgan fingerprint density at radius 1 is 1.14 bits per heavy atom. The maximum atomic E-state index is 14.8. The number of aromatic nitrogens is 2. The molecular weight excluding hydrogens is 417 g/mol. The van der Waals surface area contributed by atoms with Gasteiger partial charge in [-0.25, -0.2) is 23.1 Å². The molecule has 0 amide bonds. The van der Waals surface area contributed by atoms with Crippen LogP contribution >= 0.6 is 22.7 Å². The van der Waals surface area contributed by atoms with Gasteiger partial charge in [0.05, 0.1) is 22.1 Å². The van der Waals surface area contributed by atoms with Crippen molar-refractivity contribution in [2.45, 2.75) is 31.7 Å². The van der Waals surface area contributed by atoms with Crippen LogP contribution in [0.4, 0.5) is 24.5 Å². The lowest BCUT2D eigenvalue weighted by Gasteiger charge is -2.29. The van der Waals surface area contributed by atoms with E-state index >= 15 is 0 Å². The van der Waals surface area contributed by atoms with Gasteiger partial charge in [-0.3, -0.25) is 0 Å². The van der Waals surface area contributed by atoms with Crippen LogP contribution in [0.15, 0.2) is 23.8 Å². The van der Waals surface area contributed by atoms with Crippen molar-refractivity contribution in [2.24, 2.45) is 0 Å². The summed E-state index contributed by atoms with van der Waals surface area (Å²) in [5, 5.41) is 6.64. The van der Waals surface area contributed by atoms with Crippen molar-refractivity contribution in [1.29, 1.82) is 0 Å². The number of benzene rings is 1. The molecule has 5 rings (SSSR count). The van der Waals surface area contributed by atoms with Crippen LogP contribution in [0.2, 0.25) is 0 Å². The van der Waals surface area contributed by atoms with Gasteiger partial charge in [0.1, 0.15) is 16.0 Å². The SMILES string of the molecule is CC1NCCCC1c1cc2c(Nc3c(F)cc4scnc4c3F)c(F)cnc2s1. The summed E-state index contributed by atoms with van der Waals surface area (Å²) in [6, 6.07) is 3.41. The number of halogens is 3. The number of piperidine rings is 1. The molecule has 1 aromatic carbocycles. The van der Waals surface area contributed by atoms with Gasteiger partial charge in [-0.05, 0) is 38.4 Å². The van der Waals surface area contributed by atoms with Crippen LogP contribution in [-0.4, -0.2) is 22.6 Å². The minimum absolute atomic E-state index is 0.0290. The first-order chi connectivity index (χ1) is 14.0. The fourth-order valence-electron chi connectivity index (χ4n) is 3.90. The van der Waals surface area contributed by atoms with E-state index in [4.69, 9.17) is 0 Å². The van der Waals surface area contributed by atoms with Crippen molar-refractivity contribution in [3.63, 3.8) is 0 Å². The van der Waals surface area contributed by atoms with Gasteiger partial charge < -0.3 is 10.6 Å². The first kappa shape index (κ1) is 18.8. The smallest absolute Gasteiger partial charge is 0.176 e. The zero-order valence-corrected chi connectivity index (χ0v) is 17.1. The Morgan fingerprint density at radius 3 is 2.83 bits per heavy atom. The van der Waals surface area contributed by atoms with Crippen LogP contribution in [-0.2, 0) is 0 Å². The quantitative estimate of drug-likeness (QED) is 0.420. The number of thiophene rings is 1. The molecule has 0 saturated carbocycles. The van der Waals surface area contributed by atoms with E-state index in [1.807, 2.05) is 6.07 Å². The zero-order chi connectivity index (χ0) is 20.1. The molecule has 0 bridgehead atoms.